The number of anilines is 2. The fourth-order valence-corrected chi connectivity index (χ4v) is 3.57. The molecular weight excluding hydrogens is 362 g/mol. The Kier molecular flexibility index (Phi) is 6.91. The highest BCUT2D eigenvalue weighted by Crippen LogP contribution is 2.21. The SMILES string of the molecule is CCc1ccc(C(=O)N2CCN(c3ccc(NC(=O)CC(C)C)cc3)CC2)cc1. The molecule has 29 heavy (non-hydrogen) atoms. The van der Waals surface area contributed by atoms with Gasteiger partial charge < -0.3 is 15.1 Å². The number of hydrogen-bond donors (Lipinski definition) is 1. The van der Waals surface area contributed by atoms with Crippen molar-refractivity contribution in [1.29, 1.82) is 0 Å². The van der Waals surface area contributed by atoms with Crippen LogP contribution >= 0.6 is 0 Å². The Bertz CT molecular complexity index is 820. The Morgan fingerprint density at radius 1 is 0.931 bits per heavy atom. The standard InChI is InChI=1S/C24H31N3O2/c1-4-19-5-7-20(8-6-19)24(29)27-15-13-26(14-16-27)22-11-9-21(10-12-22)25-23(28)17-18(2)3/h5-12,18H,4,13-17H2,1-3H3,(H,25,28). The molecule has 1 fully saturated rings. The minimum Gasteiger partial charge on any atom is -0.368 e. The van der Waals surface area contributed by atoms with Crippen molar-refractivity contribution in [2.75, 3.05) is 36.4 Å². The third-order valence-corrected chi connectivity index (χ3v) is 5.29. The molecular formula is C24H31N3O2. The number of nitrogens with one attached hydrogen (secondary N) is 1. The van der Waals surface area contributed by atoms with E-state index >= 15 is 0 Å². The minimum absolute atomic E-state index is 0.0480. The summed E-state index contributed by atoms with van der Waals surface area (Å²) in [5.41, 5.74) is 3.95. The molecule has 2 aromatic carbocycles. The van der Waals surface area contributed by atoms with Gasteiger partial charge in [0.2, 0.25) is 5.91 Å². The number of aryl methyl sites for hydroxylation is 1. The molecule has 2 amide bonds. The Labute approximate surface area is 173 Å². The fourth-order valence-electron chi connectivity index (χ4n) is 3.57. The molecule has 1 aliphatic heterocycles. The predicted molar refractivity (Wildman–Crippen MR) is 118 cm³/mol. The van der Waals surface area contributed by atoms with E-state index < -0.39 is 0 Å². The monoisotopic (exact) mass is 393 g/mol. The lowest BCUT2D eigenvalue weighted by Gasteiger charge is -2.36. The number of hydrogen-bond acceptors (Lipinski definition) is 3. The first-order chi connectivity index (χ1) is 14.0. The van der Waals surface area contributed by atoms with Crippen LogP contribution in [-0.4, -0.2) is 42.9 Å². The minimum atomic E-state index is 0.0480. The average molecular weight is 394 g/mol. The number of carbonyl (C=O) groups is 2. The highest BCUT2D eigenvalue weighted by Gasteiger charge is 2.22. The largest absolute Gasteiger partial charge is 0.368 e. The van der Waals surface area contributed by atoms with E-state index in [4.69, 9.17) is 0 Å². The van der Waals surface area contributed by atoms with Gasteiger partial charge in [-0.2, -0.15) is 0 Å². The number of benzene rings is 2. The van der Waals surface area contributed by atoms with Crippen molar-refractivity contribution in [3.8, 4) is 0 Å². The maximum absolute atomic E-state index is 12.7. The number of carbonyl (C=O) groups excluding carboxylic acids is 2. The van der Waals surface area contributed by atoms with Gasteiger partial charge >= 0.3 is 0 Å². The molecule has 1 N–H and O–H groups in total. The van der Waals surface area contributed by atoms with E-state index in [1.807, 2.05) is 67.3 Å². The predicted octanol–water partition coefficient (Wildman–Crippen LogP) is 4.20. The summed E-state index contributed by atoms with van der Waals surface area (Å²) >= 11 is 0. The van der Waals surface area contributed by atoms with E-state index in [1.165, 1.54) is 5.56 Å². The van der Waals surface area contributed by atoms with E-state index in [2.05, 4.69) is 17.1 Å². The van der Waals surface area contributed by atoms with Gasteiger partial charge in [0.1, 0.15) is 0 Å². The van der Waals surface area contributed by atoms with Crippen molar-refractivity contribution in [3.63, 3.8) is 0 Å². The molecule has 0 unspecified atom stereocenters. The average Bonchev–Trinajstić information content (AvgIpc) is 2.73. The first-order valence-electron chi connectivity index (χ1n) is 10.5. The summed E-state index contributed by atoms with van der Waals surface area (Å²) in [6, 6.07) is 15.9. The van der Waals surface area contributed by atoms with Crippen molar-refractivity contribution in [2.24, 2.45) is 5.92 Å². The Balaban J connectivity index is 1.53. The second kappa shape index (κ2) is 9.59. The number of amides is 2. The lowest BCUT2D eigenvalue weighted by molar-refractivity contribution is -0.116. The molecule has 5 heteroatoms. The third-order valence-electron chi connectivity index (χ3n) is 5.29. The molecule has 1 saturated heterocycles. The summed E-state index contributed by atoms with van der Waals surface area (Å²) in [6.45, 7) is 9.21. The van der Waals surface area contributed by atoms with Crippen LogP contribution in [0.15, 0.2) is 48.5 Å². The van der Waals surface area contributed by atoms with Crippen molar-refractivity contribution in [1.82, 2.24) is 4.90 Å². The molecule has 0 atom stereocenters. The smallest absolute Gasteiger partial charge is 0.253 e. The molecule has 3 rings (SSSR count). The molecule has 5 nitrogen and oxygen atoms in total. The molecule has 0 spiro atoms. The van der Waals surface area contributed by atoms with Crippen molar-refractivity contribution < 1.29 is 9.59 Å². The molecule has 154 valence electrons. The quantitative estimate of drug-likeness (QED) is 0.800. The van der Waals surface area contributed by atoms with Crippen LogP contribution in [0.1, 0.15) is 43.1 Å². The van der Waals surface area contributed by atoms with Gasteiger partial charge in [-0.05, 0) is 54.3 Å². The van der Waals surface area contributed by atoms with E-state index in [0.717, 1.165) is 36.4 Å². The first-order valence-corrected chi connectivity index (χ1v) is 10.5. The van der Waals surface area contributed by atoms with Gasteiger partial charge in [-0.25, -0.2) is 0 Å². The lowest BCUT2D eigenvalue weighted by atomic mass is 10.1. The van der Waals surface area contributed by atoms with Crippen LogP contribution < -0.4 is 10.2 Å². The zero-order valence-electron chi connectivity index (χ0n) is 17.6. The molecule has 1 heterocycles. The fraction of sp³-hybridized carbons (Fsp3) is 0.417. The van der Waals surface area contributed by atoms with Gasteiger partial charge in [-0.3, -0.25) is 9.59 Å². The molecule has 0 saturated carbocycles. The highest BCUT2D eigenvalue weighted by molar-refractivity contribution is 5.94. The van der Waals surface area contributed by atoms with Crippen LogP contribution in [0, 0.1) is 5.92 Å². The second-order valence-corrected chi connectivity index (χ2v) is 8.02. The Morgan fingerprint density at radius 2 is 1.55 bits per heavy atom. The molecule has 2 aromatic rings. The normalized spacial score (nSPS) is 14.2. The zero-order chi connectivity index (χ0) is 20.8. The molecule has 0 bridgehead atoms. The summed E-state index contributed by atoms with van der Waals surface area (Å²) in [5, 5.41) is 2.94. The number of rotatable bonds is 6. The summed E-state index contributed by atoms with van der Waals surface area (Å²) in [5.74, 6) is 0.500. The van der Waals surface area contributed by atoms with Gasteiger partial charge in [0, 0.05) is 49.5 Å². The third kappa shape index (κ3) is 5.59. The molecule has 0 radical (unpaired) electrons. The molecule has 0 aromatic heterocycles. The summed E-state index contributed by atoms with van der Waals surface area (Å²) in [4.78, 5) is 28.8. The Hall–Kier alpha value is -2.82. The maximum Gasteiger partial charge on any atom is 0.253 e. The highest BCUT2D eigenvalue weighted by atomic mass is 16.2. The van der Waals surface area contributed by atoms with E-state index in [1.54, 1.807) is 0 Å². The van der Waals surface area contributed by atoms with Crippen LogP contribution in [0.3, 0.4) is 0 Å². The van der Waals surface area contributed by atoms with Crippen LogP contribution in [-0.2, 0) is 11.2 Å². The lowest BCUT2D eigenvalue weighted by Crippen LogP contribution is -2.48. The van der Waals surface area contributed by atoms with Gasteiger partial charge in [0.05, 0.1) is 0 Å². The van der Waals surface area contributed by atoms with Crippen molar-refractivity contribution >= 4 is 23.2 Å². The summed E-state index contributed by atoms with van der Waals surface area (Å²) in [7, 11) is 0. The number of piperazine rings is 1. The van der Waals surface area contributed by atoms with Gasteiger partial charge in [0.15, 0.2) is 0 Å². The second-order valence-electron chi connectivity index (χ2n) is 8.02. The Morgan fingerprint density at radius 3 is 2.10 bits per heavy atom. The van der Waals surface area contributed by atoms with Crippen molar-refractivity contribution in [3.05, 3.63) is 59.7 Å². The van der Waals surface area contributed by atoms with Crippen LogP contribution in [0.5, 0.6) is 0 Å². The van der Waals surface area contributed by atoms with Crippen LogP contribution in [0.4, 0.5) is 11.4 Å². The maximum atomic E-state index is 12.7. The van der Waals surface area contributed by atoms with E-state index in [0.29, 0.717) is 25.4 Å². The van der Waals surface area contributed by atoms with Gasteiger partial charge in [-0.15, -0.1) is 0 Å². The van der Waals surface area contributed by atoms with Crippen LogP contribution in [0.25, 0.3) is 0 Å². The van der Waals surface area contributed by atoms with E-state index in [9.17, 15) is 9.59 Å². The van der Waals surface area contributed by atoms with Gasteiger partial charge in [-0.1, -0.05) is 32.9 Å². The zero-order valence-corrected chi connectivity index (χ0v) is 17.6. The molecule has 0 aliphatic carbocycles. The topological polar surface area (TPSA) is 52.7 Å². The van der Waals surface area contributed by atoms with E-state index in [-0.39, 0.29) is 11.8 Å². The van der Waals surface area contributed by atoms with Gasteiger partial charge in [0.25, 0.3) is 5.91 Å². The summed E-state index contributed by atoms with van der Waals surface area (Å²) < 4.78 is 0. The number of nitrogens with zero attached hydrogens (tertiary/aromatic N) is 2. The van der Waals surface area contributed by atoms with Crippen LogP contribution in [0.2, 0.25) is 0 Å². The summed E-state index contributed by atoms with van der Waals surface area (Å²) in [6.07, 6.45) is 1.51. The first kappa shape index (κ1) is 20.9. The van der Waals surface area contributed by atoms with Crippen molar-refractivity contribution in [2.45, 2.75) is 33.6 Å². The molecule has 1 aliphatic rings.